The van der Waals surface area contributed by atoms with Gasteiger partial charge in [0.15, 0.2) is 0 Å². The van der Waals surface area contributed by atoms with Crippen molar-refractivity contribution in [2.24, 2.45) is 0 Å². The van der Waals surface area contributed by atoms with Gasteiger partial charge in [-0.1, -0.05) is 30.3 Å². The summed E-state index contributed by atoms with van der Waals surface area (Å²) in [5.74, 6) is 1.38. The molecule has 1 aliphatic heterocycles. The van der Waals surface area contributed by atoms with Gasteiger partial charge in [0.05, 0.1) is 5.69 Å². The number of benzene rings is 2. The minimum Gasteiger partial charge on any atom is -0.368 e. The third-order valence-corrected chi connectivity index (χ3v) is 5.00. The molecule has 5 nitrogen and oxygen atoms in total. The quantitative estimate of drug-likeness (QED) is 0.697. The maximum atomic E-state index is 13.2. The Bertz CT molecular complexity index is 935. The number of piperazine rings is 1. The molecule has 150 valence electrons. The van der Waals surface area contributed by atoms with Crippen molar-refractivity contribution >= 4 is 17.5 Å². The van der Waals surface area contributed by atoms with Gasteiger partial charge in [-0.15, -0.1) is 0 Å². The normalized spacial score (nSPS) is 14.3. The van der Waals surface area contributed by atoms with Gasteiger partial charge in [-0.25, -0.2) is 9.37 Å². The summed E-state index contributed by atoms with van der Waals surface area (Å²) >= 11 is 0. The number of nitrogens with one attached hydrogen (secondary N) is 1. The summed E-state index contributed by atoms with van der Waals surface area (Å²) in [4.78, 5) is 14.1. The van der Waals surface area contributed by atoms with Crippen LogP contribution in [0.15, 0.2) is 60.7 Å². The molecule has 0 saturated carbocycles. The van der Waals surface area contributed by atoms with E-state index in [4.69, 9.17) is 9.97 Å². The molecule has 1 aliphatic rings. The zero-order valence-corrected chi connectivity index (χ0v) is 16.8. The van der Waals surface area contributed by atoms with Crippen LogP contribution in [0, 0.1) is 5.82 Å². The van der Waals surface area contributed by atoms with Crippen LogP contribution in [0.3, 0.4) is 0 Å². The minimum atomic E-state index is -0.202. The fourth-order valence-corrected chi connectivity index (χ4v) is 3.52. The summed E-state index contributed by atoms with van der Waals surface area (Å²) < 4.78 is 13.2. The van der Waals surface area contributed by atoms with E-state index in [2.05, 4.69) is 47.2 Å². The van der Waals surface area contributed by atoms with Crippen LogP contribution in [0.25, 0.3) is 11.3 Å². The van der Waals surface area contributed by atoms with E-state index >= 15 is 0 Å². The Morgan fingerprint density at radius 2 is 1.52 bits per heavy atom. The highest BCUT2D eigenvalue weighted by Crippen LogP contribution is 2.25. The van der Waals surface area contributed by atoms with Gasteiger partial charge in [-0.05, 0) is 38.1 Å². The number of nitrogens with zero attached hydrogens (tertiary/aromatic N) is 4. The highest BCUT2D eigenvalue weighted by Gasteiger charge is 2.20. The third kappa shape index (κ3) is 4.65. The predicted octanol–water partition coefficient (Wildman–Crippen LogP) is 4.43. The Labute approximate surface area is 171 Å². The molecule has 0 spiro atoms. The smallest absolute Gasteiger partial charge is 0.225 e. The van der Waals surface area contributed by atoms with Crippen LogP contribution in [0.1, 0.15) is 13.8 Å². The minimum absolute atomic E-state index is 0.202. The van der Waals surface area contributed by atoms with Crippen LogP contribution >= 0.6 is 0 Å². The van der Waals surface area contributed by atoms with Gasteiger partial charge in [0.1, 0.15) is 11.6 Å². The number of hydrogen-bond acceptors (Lipinski definition) is 5. The highest BCUT2D eigenvalue weighted by molar-refractivity contribution is 5.65. The van der Waals surface area contributed by atoms with Crippen LogP contribution in [0.5, 0.6) is 0 Å². The van der Waals surface area contributed by atoms with Crippen molar-refractivity contribution in [1.29, 1.82) is 0 Å². The Morgan fingerprint density at radius 3 is 2.17 bits per heavy atom. The molecule has 0 amide bonds. The van der Waals surface area contributed by atoms with E-state index in [-0.39, 0.29) is 11.9 Å². The van der Waals surface area contributed by atoms with Crippen LogP contribution in [-0.4, -0.2) is 42.2 Å². The van der Waals surface area contributed by atoms with E-state index in [1.54, 1.807) is 0 Å². The fraction of sp³-hybridized carbons (Fsp3) is 0.304. The fourth-order valence-electron chi connectivity index (χ4n) is 3.52. The molecule has 1 N–H and O–H groups in total. The van der Waals surface area contributed by atoms with Gasteiger partial charge in [-0.3, -0.25) is 0 Å². The molecule has 0 aliphatic carbocycles. The molecular weight excluding hydrogens is 365 g/mol. The summed E-state index contributed by atoms with van der Waals surface area (Å²) in [5, 5.41) is 3.34. The number of aromatic nitrogens is 2. The zero-order chi connectivity index (χ0) is 20.2. The molecule has 2 aromatic carbocycles. The highest BCUT2D eigenvalue weighted by atomic mass is 19.1. The first-order valence-corrected chi connectivity index (χ1v) is 10.0. The van der Waals surface area contributed by atoms with Crippen molar-refractivity contribution in [2.75, 3.05) is 41.3 Å². The summed E-state index contributed by atoms with van der Waals surface area (Å²) in [7, 11) is 0. The van der Waals surface area contributed by atoms with Crippen LogP contribution in [-0.2, 0) is 0 Å². The maximum absolute atomic E-state index is 13.2. The molecule has 1 fully saturated rings. The second-order valence-electron chi connectivity index (χ2n) is 7.55. The van der Waals surface area contributed by atoms with Crippen molar-refractivity contribution in [1.82, 2.24) is 9.97 Å². The molecule has 0 unspecified atom stereocenters. The van der Waals surface area contributed by atoms with E-state index in [0.29, 0.717) is 5.95 Å². The summed E-state index contributed by atoms with van der Waals surface area (Å²) in [6.07, 6.45) is 0. The molecule has 29 heavy (non-hydrogen) atoms. The Hall–Kier alpha value is -3.15. The lowest BCUT2D eigenvalue weighted by Gasteiger charge is -2.37. The molecule has 1 aromatic heterocycles. The van der Waals surface area contributed by atoms with Gasteiger partial charge in [0, 0.05) is 49.5 Å². The van der Waals surface area contributed by atoms with Crippen molar-refractivity contribution in [3.63, 3.8) is 0 Å². The largest absolute Gasteiger partial charge is 0.368 e. The molecule has 2 heterocycles. The van der Waals surface area contributed by atoms with Crippen molar-refractivity contribution in [2.45, 2.75) is 19.9 Å². The van der Waals surface area contributed by atoms with Crippen LogP contribution in [0.4, 0.5) is 21.8 Å². The second-order valence-corrected chi connectivity index (χ2v) is 7.55. The van der Waals surface area contributed by atoms with Gasteiger partial charge in [-0.2, -0.15) is 4.98 Å². The Balaban J connectivity index is 1.55. The first-order valence-electron chi connectivity index (χ1n) is 10.0. The molecule has 1 saturated heterocycles. The lowest BCUT2D eigenvalue weighted by atomic mass is 10.1. The van der Waals surface area contributed by atoms with Gasteiger partial charge >= 0.3 is 0 Å². The number of halogens is 1. The van der Waals surface area contributed by atoms with E-state index in [9.17, 15) is 4.39 Å². The third-order valence-electron chi connectivity index (χ3n) is 5.00. The predicted molar refractivity (Wildman–Crippen MR) is 117 cm³/mol. The standard InChI is InChI=1S/C23H26FN5/c1-17(2)25-23-26-21(18-6-4-3-5-7-18)16-22(27-23)29-14-12-28(13-15-29)20-10-8-19(24)9-11-20/h3-11,16-17H,12-15H2,1-2H3,(H,25,26,27). The average molecular weight is 391 g/mol. The molecule has 0 radical (unpaired) electrons. The lowest BCUT2D eigenvalue weighted by molar-refractivity contribution is 0.624. The van der Waals surface area contributed by atoms with E-state index in [0.717, 1.165) is 48.9 Å². The van der Waals surface area contributed by atoms with E-state index in [1.807, 2.05) is 30.3 Å². The lowest BCUT2D eigenvalue weighted by Crippen LogP contribution is -2.47. The van der Waals surface area contributed by atoms with Crippen LogP contribution in [0.2, 0.25) is 0 Å². The number of anilines is 3. The zero-order valence-electron chi connectivity index (χ0n) is 16.8. The van der Waals surface area contributed by atoms with Gasteiger partial charge in [0.2, 0.25) is 5.95 Å². The first-order chi connectivity index (χ1) is 14.1. The Morgan fingerprint density at radius 1 is 0.862 bits per heavy atom. The van der Waals surface area contributed by atoms with Crippen molar-refractivity contribution < 1.29 is 4.39 Å². The molecule has 0 atom stereocenters. The molecular formula is C23H26FN5. The summed E-state index contributed by atoms with van der Waals surface area (Å²) in [6.45, 7) is 7.60. The van der Waals surface area contributed by atoms with E-state index in [1.165, 1.54) is 12.1 Å². The van der Waals surface area contributed by atoms with E-state index < -0.39 is 0 Å². The van der Waals surface area contributed by atoms with Gasteiger partial charge in [0.25, 0.3) is 0 Å². The second kappa shape index (κ2) is 8.47. The number of hydrogen-bond donors (Lipinski definition) is 1. The monoisotopic (exact) mass is 391 g/mol. The molecule has 4 rings (SSSR count). The van der Waals surface area contributed by atoms with Crippen LogP contribution < -0.4 is 15.1 Å². The summed E-state index contributed by atoms with van der Waals surface area (Å²) in [6, 6.07) is 19.2. The maximum Gasteiger partial charge on any atom is 0.225 e. The number of rotatable bonds is 5. The summed E-state index contributed by atoms with van der Waals surface area (Å²) in [5.41, 5.74) is 3.05. The van der Waals surface area contributed by atoms with Gasteiger partial charge < -0.3 is 15.1 Å². The molecule has 6 heteroatoms. The first kappa shape index (κ1) is 19.2. The average Bonchev–Trinajstić information content (AvgIpc) is 2.74. The van der Waals surface area contributed by atoms with Crippen molar-refractivity contribution in [3.05, 3.63) is 66.5 Å². The SMILES string of the molecule is CC(C)Nc1nc(-c2ccccc2)cc(N2CCN(c3ccc(F)cc3)CC2)n1. The van der Waals surface area contributed by atoms with Crippen molar-refractivity contribution in [3.8, 4) is 11.3 Å². The Kier molecular flexibility index (Phi) is 5.60. The topological polar surface area (TPSA) is 44.3 Å². The molecule has 3 aromatic rings. The molecule has 0 bridgehead atoms.